The molecule has 0 aromatic carbocycles. The van der Waals surface area contributed by atoms with Crippen molar-refractivity contribution in [2.75, 3.05) is 5.75 Å². The molecule has 0 atom stereocenters. The molecule has 0 saturated heterocycles. The first kappa shape index (κ1) is 13.6. The van der Waals surface area contributed by atoms with Crippen LogP contribution in [0.5, 0.6) is 0 Å². The summed E-state index contributed by atoms with van der Waals surface area (Å²) in [6, 6.07) is 2.87. The molecular formula is C10H14N2O4S. The van der Waals surface area contributed by atoms with E-state index in [1.165, 1.54) is 18.3 Å². The Hall–Kier alpha value is -1.47. The van der Waals surface area contributed by atoms with Crippen molar-refractivity contribution >= 4 is 16.0 Å². The standard InChI is InChI=1S/C10H14N2O4S/c1-2-5-17(15,16)12-7-8-3-4-9(10(13)14)11-6-8/h3-4,6,12H,2,5,7H2,1H3,(H,13,14). The number of aromatic nitrogens is 1. The molecule has 6 nitrogen and oxygen atoms in total. The fraction of sp³-hybridized carbons (Fsp3) is 0.400. The van der Waals surface area contributed by atoms with Gasteiger partial charge < -0.3 is 5.11 Å². The highest BCUT2D eigenvalue weighted by atomic mass is 32.2. The van der Waals surface area contributed by atoms with Crippen LogP contribution in [-0.4, -0.2) is 30.2 Å². The highest BCUT2D eigenvalue weighted by molar-refractivity contribution is 7.89. The second-order valence-corrected chi connectivity index (χ2v) is 5.42. The third-order valence-corrected chi connectivity index (χ3v) is 3.54. The maximum atomic E-state index is 11.4. The van der Waals surface area contributed by atoms with Gasteiger partial charge in [0.25, 0.3) is 0 Å². The maximum absolute atomic E-state index is 11.4. The molecule has 0 fully saturated rings. The van der Waals surface area contributed by atoms with Crippen molar-refractivity contribution in [3.63, 3.8) is 0 Å². The highest BCUT2D eigenvalue weighted by Gasteiger charge is 2.08. The monoisotopic (exact) mass is 258 g/mol. The molecule has 1 aromatic rings. The molecule has 2 N–H and O–H groups in total. The molecule has 0 aliphatic rings. The van der Waals surface area contributed by atoms with Crippen LogP contribution in [0.1, 0.15) is 29.4 Å². The second kappa shape index (κ2) is 5.74. The number of pyridine rings is 1. The van der Waals surface area contributed by atoms with Crippen LogP contribution in [0.25, 0.3) is 0 Å². The van der Waals surface area contributed by atoms with Crippen molar-refractivity contribution in [2.45, 2.75) is 19.9 Å². The fourth-order valence-corrected chi connectivity index (χ4v) is 2.26. The zero-order valence-electron chi connectivity index (χ0n) is 9.38. The van der Waals surface area contributed by atoms with Crippen molar-refractivity contribution in [3.05, 3.63) is 29.6 Å². The summed E-state index contributed by atoms with van der Waals surface area (Å²) in [5, 5.41) is 8.63. The number of carboxylic acid groups (broad SMARTS) is 1. The molecule has 7 heteroatoms. The van der Waals surface area contributed by atoms with E-state index in [9.17, 15) is 13.2 Å². The van der Waals surface area contributed by atoms with Crippen LogP contribution in [0, 0.1) is 0 Å². The number of sulfonamides is 1. The molecule has 94 valence electrons. The molecule has 1 rings (SSSR count). The summed E-state index contributed by atoms with van der Waals surface area (Å²) in [6.45, 7) is 1.90. The van der Waals surface area contributed by atoms with E-state index < -0.39 is 16.0 Å². The van der Waals surface area contributed by atoms with Crippen LogP contribution >= 0.6 is 0 Å². The topological polar surface area (TPSA) is 96.4 Å². The quantitative estimate of drug-likeness (QED) is 0.779. The van der Waals surface area contributed by atoms with Crippen LogP contribution in [0.15, 0.2) is 18.3 Å². The van der Waals surface area contributed by atoms with Crippen LogP contribution in [-0.2, 0) is 16.6 Å². The molecule has 1 heterocycles. The summed E-state index contributed by atoms with van der Waals surface area (Å²) in [4.78, 5) is 14.2. The Morgan fingerprint density at radius 3 is 2.65 bits per heavy atom. The Kier molecular flexibility index (Phi) is 4.59. The van der Waals surface area contributed by atoms with Crippen LogP contribution in [0.4, 0.5) is 0 Å². The number of aromatic carboxylic acids is 1. The van der Waals surface area contributed by atoms with E-state index in [0.717, 1.165) is 0 Å². The van der Waals surface area contributed by atoms with Gasteiger partial charge in [-0.15, -0.1) is 0 Å². The molecule has 0 saturated carbocycles. The van der Waals surface area contributed by atoms with Gasteiger partial charge in [-0.05, 0) is 18.1 Å². The maximum Gasteiger partial charge on any atom is 0.354 e. The molecule has 0 bridgehead atoms. The Labute approximate surface area is 99.7 Å². The second-order valence-electron chi connectivity index (χ2n) is 3.50. The van der Waals surface area contributed by atoms with Crippen molar-refractivity contribution in [3.8, 4) is 0 Å². The normalized spacial score (nSPS) is 11.4. The zero-order valence-corrected chi connectivity index (χ0v) is 10.2. The van der Waals surface area contributed by atoms with Crippen molar-refractivity contribution in [1.82, 2.24) is 9.71 Å². The van der Waals surface area contributed by atoms with Crippen molar-refractivity contribution in [2.24, 2.45) is 0 Å². The van der Waals surface area contributed by atoms with Crippen molar-refractivity contribution < 1.29 is 18.3 Å². The zero-order chi connectivity index (χ0) is 12.9. The summed E-state index contributed by atoms with van der Waals surface area (Å²) in [5.74, 6) is -1.03. The van der Waals surface area contributed by atoms with E-state index in [2.05, 4.69) is 9.71 Å². The van der Waals surface area contributed by atoms with Gasteiger partial charge in [0.2, 0.25) is 10.0 Å². The van der Waals surface area contributed by atoms with E-state index in [1.807, 2.05) is 0 Å². The number of carbonyl (C=O) groups is 1. The average Bonchev–Trinajstić information content (AvgIpc) is 2.27. The minimum atomic E-state index is -3.25. The van der Waals surface area contributed by atoms with Gasteiger partial charge in [0, 0.05) is 12.7 Å². The highest BCUT2D eigenvalue weighted by Crippen LogP contribution is 2.01. The summed E-state index contributed by atoms with van der Waals surface area (Å²) >= 11 is 0. The number of rotatable bonds is 6. The summed E-state index contributed by atoms with van der Waals surface area (Å²) in [6.07, 6.45) is 1.89. The average molecular weight is 258 g/mol. The Balaban J connectivity index is 2.62. The van der Waals surface area contributed by atoms with Gasteiger partial charge in [0.1, 0.15) is 5.69 Å². The van der Waals surface area contributed by atoms with Gasteiger partial charge in [0.05, 0.1) is 5.75 Å². The van der Waals surface area contributed by atoms with E-state index >= 15 is 0 Å². The first-order chi connectivity index (χ1) is 7.94. The first-order valence-electron chi connectivity index (χ1n) is 5.10. The van der Waals surface area contributed by atoms with E-state index in [4.69, 9.17) is 5.11 Å². The lowest BCUT2D eigenvalue weighted by Gasteiger charge is -2.05. The summed E-state index contributed by atoms with van der Waals surface area (Å²) < 4.78 is 25.1. The predicted molar refractivity (Wildman–Crippen MR) is 62.1 cm³/mol. The van der Waals surface area contributed by atoms with Crippen LogP contribution in [0.3, 0.4) is 0 Å². The molecule has 0 radical (unpaired) electrons. The van der Waals surface area contributed by atoms with E-state index in [0.29, 0.717) is 12.0 Å². The predicted octanol–water partition coefficient (Wildman–Crippen LogP) is 0.609. The molecule has 17 heavy (non-hydrogen) atoms. The minimum Gasteiger partial charge on any atom is -0.477 e. The lowest BCUT2D eigenvalue weighted by Crippen LogP contribution is -2.25. The van der Waals surface area contributed by atoms with Gasteiger partial charge in [0.15, 0.2) is 0 Å². The molecule has 0 unspecified atom stereocenters. The molecule has 0 spiro atoms. The minimum absolute atomic E-state index is 0.0647. The van der Waals surface area contributed by atoms with Gasteiger partial charge in [-0.25, -0.2) is 22.9 Å². The third kappa shape index (κ3) is 4.49. The number of nitrogens with zero attached hydrogens (tertiary/aromatic N) is 1. The van der Waals surface area contributed by atoms with Gasteiger partial charge >= 0.3 is 5.97 Å². The summed E-state index contributed by atoms with van der Waals surface area (Å²) in [7, 11) is -3.25. The van der Waals surface area contributed by atoms with E-state index in [1.54, 1.807) is 6.92 Å². The SMILES string of the molecule is CCCS(=O)(=O)NCc1ccc(C(=O)O)nc1. The van der Waals surface area contributed by atoms with Crippen LogP contribution in [0.2, 0.25) is 0 Å². The summed E-state index contributed by atoms with van der Waals surface area (Å²) in [5.41, 5.74) is 0.555. The lowest BCUT2D eigenvalue weighted by atomic mass is 10.2. The van der Waals surface area contributed by atoms with Gasteiger partial charge in [-0.3, -0.25) is 0 Å². The van der Waals surface area contributed by atoms with Gasteiger partial charge in [-0.1, -0.05) is 13.0 Å². The lowest BCUT2D eigenvalue weighted by molar-refractivity contribution is 0.0690. The molecule has 1 aromatic heterocycles. The van der Waals surface area contributed by atoms with Crippen LogP contribution < -0.4 is 4.72 Å². The molecule has 0 aliphatic heterocycles. The smallest absolute Gasteiger partial charge is 0.354 e. The van der Waals surface area contributed by atoms with Gasteiger partial charge in [-0.2, -0.15) is 0 Å². The number of carboxylic acids is 1. The third-order valence-electron chi connectivity index (χ3n) is 2.01. The number of hydrogen-bond donors (Lipinski definition) is 2. The van der Waals surface area contributed by atoms with E-state index in [-0.39, 0.29) is 18.0 Å². The molecular weight excluding hydrogens is 244 g/mol. The van der Waals surface area contributed by atoms with Crippen molar-refractivity contribution in [1.29, 1.82) is 0 Å². The Morgan fingerprint density at radius 1 is 1.47 bits per heavy atom. The molecule has 0 amide bonds. The number of nitrogens with one attached hydrogen (secondary N) is 1. The Bertz CT molecular complexity index is 482. The molecule has 0 aliphatic carbocycles. The Morgan fingerprint density at radius 2 is 2.18 bits per heavy atom. The fourth-order valence-electron chi connectivity index (χ4n) is 1.19. The first-order valence-corrected chi connectivity index (χ1v) is 6.75. The largest absolute Gasteiger partial charge is 0.477 e. The number of hydrogen-bond acceptors (Lipinski definition) is 4.